The van der Waals surface area contributed by atoms with Gasteiger partial charge in [0.25, 0.3) is 0 Å². The number of aliphatic imine (C=N–C) groups is 2. The number of likely N-dealkylation sites (N-methyl/N-ethyl adjacent to an activating group) is 1. The van der Waals surface area contributed by atoms with Crippen LogP contribution in [0.5, 0.6) is 5.75 Å². The quantitative estimate of drug-likeness (QED) is 0.366. The molecule has 0 unspecified atom stereocenters. The molecule has 0 amide bonds. The largest absolute Gasteiger partial charge is 0.465 e. The monoisotopic (exact) mass is 529 g/mol. The van der Waals surface area contributed by atoms with E-state index < -0.39 is 17.4 Å². The Morgan fingerprint density at radius 2 is 1.95 bits per heavy atom. The first-order valence-corrected chi connectivity index (χ1v) is 12.4. The van der Waals surface area contributed by atoms with E-state index in [4.69, 9.17) is 9.26 Å². The zero-order valence-corrected chi connectivity index (χ0v) is 22.9. The minimum Gasteiger partial charge on any atom is -0.465 e. The number of anilines is 1. The van der Waals surface area contributed by atoms with Crippen molar-refractivity contribution >= 4 is 24.4 Å². The van der Waals surface area contributed by atoms with Crippen LogP contribution in [0.1, 0.15) is 39.0 Å². The van der Waals surface area contributed by atoms with E-state index in [9.17, 15) is 8.78 Å². The van der Waals surface area contributed by atoms with Gasteiger partial charge in [-0.1, -0.05) is 25.9 Å². The molecule has 0 atom stereocenters. The van der Waals surface area contributed by atoms with Gasteiger partial charge in [0, 0.05) is 62.0 Å². The topological polar surface area (TPSA) is 90.5 Å². The van der Waals surface area contributed by atoms with Gasteiger partial charge in [0.05, 0.1) is 0 Å². The van der Waals surface area contributed by atoms with Crippen molar-refractivity contribution in [3.63, 3.8) is 0 Å². The highest BCUT2D eigenvalue weighted by Gasteiger charge is 2.21. The lowest BCUT2D eigenvalue weighted by Crippen LogP contribution is -2.47. The molecule has 1 aromatic heterocycles. The molecule has 9 nitrogen and oxygen atoms in total. The molecule has 1 fully saturated rings. The summed E-state index contributed by atoms with van der Waals surface area (Å²) in [5.41, 5.74) is 0.729. The van der Waals surface area contributed by atoms with Gasteiger partial charge in [0.15, 0.2) is 29.9 Å². The van der Waals surface area contributed by atoms with Crippen molar-refractivity contribution in [1.29, 1.82) is 0 Å². The Kier molecular flexibility index (Phi) is 9.62. The van der Waals surface area contributed by atoms with Crippen LogP contribution >= 0.6 is 0 Å². The maximum atomic E-state index is 15.0. The van der Waals surface area contributed by atoms with Gasteiger partial charge in [0.2, 0.25) is 0 Å². The van der Waals surface area contributed by atoms with Crippen LogP contribution in [0.25, 0.3) is 6.08 Å². The fraction of sp³-hybridized carbons (Fsp3) is 0.444. The number of ether oxygens (including phenoxy) is 1. The highest BCUT2D eigenvalue weighted by Crippen LogP contribution is 2.27. The van der Waals surface area contributed by atoms with Gasteiger partial charge in [0.1, 0.15) is 17.4 Å². The standard InChI is InChI=1S/C27H37F2N7O2/c1-18(30-5)14-19-8-9-20(28)26(25(19)29)37-17-32-24(36-12-10-35(7)11-13-36)16-22(31-6)33-23-15-21(38-34-23)27(2,3)4/h8-9,14-16,30H,6,10-13,17H2,1-5,7H3,(H,33,34)/b18-14-,22-16+,32-24+. The minimum atomic E-state index is -0.801. The summed E-state index contributed by atoms with van der Waals surface area (Å²) in [6.45, 7) is 14.3. The SMILES string of the molecule is C=N/C(=C\C(=N/COc1c(F)ccc(/C=C(/C)NC)c1F)N1CCN(C)CC1)Nc1cc(C(C)(C)C)on1. The average molecular weight is 530 g/mol. The fourth-order valence-electron chi connectivity index (χ4n) is 3.59. The molecule has 2 heterocycles. The molecule has 0 saturated carbocycles. The first kappa shape index (κ1) is 28.8. The van der Waals surface area contributed by atoms with E-state index in [0.29, 0.717) is 30.6 Å². The first-order chi connectivity index (χ1) is 18.0. The molecule has 2 N–H and O–H groups in total. The van der Waals surface area contributed by atoms with E-state index in [1.165, 1.54) is 12.1 Å². The molecule has 1 aliphatic rings. The van der Waals surface area contributed by atoms with E-state index in [2.05, 4.69) is 42.3 Å². The maximum Gasteiger partial charge on any atom is 0.193 e. The Hall–Kier alpha value is -3.73. The summed E-state index contributed by atoms with van der Waals surface area (Å²) in [4.78, 5) is 12.9. The van der Waals surface area contributed by atoms with Crippen molar-refractivity contribution in [1.82, 2.24) is 20.3 Å². The van der Waals surface area contributed by atoms with E-state index in [0.717, 1.165) is 24.5 Å². The van der Waals surface area contributed by atoms with Crippen molar-refractivity contribution in [2.45, 2.75) is 33.1 Å². The van der Waals surface area contributed by atoms with Crippen LogP contribution in [-0.2, 0) is 5.41 Å². The number of halogens is 2. The number of aromatic nitrogens is 1. The minimum absolute atomic E-state index is 0.203. The zero-order valence-electron chi connectivity index (χ0n) is 22.9. The highest BCUT2D eigenvalue weighted by molar-refractivity contribution is 5.94. The Labute approximate surface area is 222 Å². The number of nitrogens with zero attached hydrogens (tertiary/aromatic N) is 5. The van der Waals surface area contributed by atoms with Gasteiger partial charge in [-0.3, -0.25) is 0 Å². The summed E-state index contributed by atoms with van der Waals surface area (Å²) < 4.78 is 40.4. The number of amidine groups is 1. The number of hydrogen-bond acceptors (Lipinski definition) is 8. The normalized spacial score (nSPS) is 16.0. The second kappa shape index (κ2) is 12.7. The lowest BCUT2D eigenvalue weighted by molar-refractivity contribution is 0.214. The second-order valence-corrected chi connectivity index (χ2v) is 10.1. The van der Waals surface area contributed by atoms with Crippen LogP contribution in [-0.4, -0.2) is 74.5 Å². The van der Waals surface area contributed by atoms with Crippen molar-refractivity contribution in [2.24, 2.45) is 9.98 Å². The lowest BCUT2D eigenvalue weighted by atomic mass is 9.93. The summed E-state index contributed by atoms with van der Waals surface area (Å²) in [5.74, 6) is 0.0560. The molecule has 0 spiro atoms. The van der Waals surface area contributed by atoms with Crippen LogP contribution in [0.15, 0.2) is 50.3 Å². The number of nitrogens with one attached hydrogen (secondary N) is 2. The van der Waals surface area contributed by atoms with Gasteiger partial charge in [-0.2, -0.15) is 0 Å². The molecule has 38 heavy (non-hydrogen) atoms. The average Bonchev–Trinajstić information content (AvgIpc) is 3.36. The maximum absolute atomic E-state index is 15.0. The van der Waals surface area contributed by atoms with Crippen molar-refractivity contribution < 1.29 is 18.0 Å². The number of benzene rings is 1. The van der Waals surface area contributed by atoms with E-state index in [-0.39, 0.29) is 17.7 Å². The van der Waals surface area contributed by atoms with Gasteiger partial charge in [-0.05, 0) is 38.9 Å². The summed E-state index contributed by atoms with van der Waals surface area (Å²) in [5, 5.41) is 10.1. The van der Waals surface area contributed by atoms with Crippen molar-refractivity contribution in [3.8, 4) is 5.75 Å². The van der Waals surface area contributed by atoms with Gasteiger partial charge in [-0.25, -0.2) is 18.8 Å². The van der Waals surface area contributed by atoms with Crippen molar-refractivity contribution in [2.75, 3.05) is 52.3 Å². The Morgan fingerprint density at radius 3 is 2.55 bits per heavy atom. The Balaban J connectivity index is 1.85. The van der Waals surface area contributed by atoms with E-state index in [1.807, 2.05) is 27.8 Å². The van der Waals surface area contributed by atoms with Gasteiger partial charge >= 0.3 is 0 Å². The van der Waals surface area contributed by atoms with Crippen LogP contribution in [0.2, 0.25) is 0 Å². The molecular formula is C27H37F2N7O2. The molecule has 206 valence electrons. The van der Waals surface area contributed by atoms with Crippen LogP contribution < -0.4 is 15.4 Å². The molecule has 0 bridgehead atoms. The second-order valence-electron chi connectivity index (χ2n) is 10.1. The van der Waals surface area contributed by atoms with Gasteiger partial charge < -0.3 is 29.7 Å². The predicted molar refractivity (Wildman–Crippen MR) is 148 cm³/mol. The third-order valence-electron chi connectivity index (χ3n) is 6.05. The zero-order chi connectivity index (χ0) is 27.9. The third kappa shape index (κ3) is 7.64. The summed E-state index contributed by atoms with van der Waals surface area (Å²) >= 11 is 0. The molecule has 11 heteroatoms. The fourth-order valence-corrected chi connectivity index (χ4v) is 3.59. The predicted octanol–water partition coefficient (Wildman–Crippen LogP) is 4.47. The number of allylic oxidation sites excluding steroid dienone is 1. The smallest absolute Gasteiger partial charge is 0.193 e. The lowest BCUT2D eigenvalue weighted by Gasteiger charge is -2.33. The molecule has 1 saturated heterocycles. The van der Waals surface area contributed by atoms with Crippen LogP contribution in [0.3, 0.4) is 0 Å². The summed E-state index contributed by atoms with van der Waals surface area (Å²) in [7, 11) is 3.77. The number of hydrogen-bond donors (Lipinski definition) is 2. The van der Waals surface area contributed by atoms with E-state index in [1.54, 1.807) is 32.2 Å². The molecule has 1 aromatic carbocycles. The molecule has 2 aromatic rings. The van der Waals surface area contributed by atoms with Crippen molar-refractivity contribution in [3.05, 3.63) is 58.8 Å². The number of piperazine rings is 1. The molecule has 0 aliphatic carbocycles. The molecule has 1 aliphatic heterocycles. The van der Waals surface area contributed by atoms with Gasteiger partial charge in [-0.15, -0.1) is 0 Å². The van der Waals surface area contributed by atoms with Crippen LogP contribution in [0.4, 0.5) is 14.6 Å². The highest BCUT2D eigenvalue weighted by atomic mass is 19.1. The Bertz CT molecular complexity index is 1210. The number of rotatable bonds is 9. The molecular weight excluding hydrogens is 492 g/mol. The summed E-state index contributed by atoms with van der Waals surface area (Å²) in [6.07, 6.45) is 3.28. The van der Waals surface area contributed by atoms with Crippen LogP contribution in [0, 0.1) is 11.6 Å². The molecule has 3 rings (SSSR count). The van der Waals surface area contributed by atoms with E-state index >= 15 is 0 Å². The molecule has 0 radical (unpaired) electrons. The first-order valence-electron chi connectivity index (χ1n) is 12.4. The Morgan fingerprint density at radius 1 is 1.24 bits per heavy atom. The summed E-state index contributed by atoms with van der Waals surface area (Å²) in [6, 6.07) is 4.34. The third-order valence-corrected chi connectivity index (χ3v) is 6.05.